The first-order chi connectivity index (χ1) is 8.16. The fourth-order valence-electron chi connectivity index (χ4n) is 1.40. The van der Waals surface area contributed by atoms with E-state index in [1.165, 1.54) is 0 Å². The van der Waals surface area contributed by atoms with Crippen LogP contribution in [0.2, 0.25) is 5.02 Å². The maximum Gasteiger partial charge on any atom is 0.148 e. The van der Waals surface area contributed by atoms with E-state index in [9.17, 15) is 0 Å². The molecule has 4 heteroatoms. The molecule has 1 aromatic heterocycles. The third kappa shape index (κ3) is 2.94. The van der Waals surface area contributed by atoms with Gasteiger partial charge >= 0.3 is 0 Å². The molecule has 88 valence electrons. The van der Waals surface area contributed by atoms with Crippen molar-refractivity contribution < 1.29 is 0 Å². The summed E-state index contributed by atoms with van der Waals surface area (Å²) in [6.45, 7) is 4.18. The Morgan fingerprint density at radius 2 is 1.88 bits per heavy atom. The minimum atomic E-state index is 0.386. The van der Waals surface area contributed by atoms with Crippen LogP contribution in [0.15, 0.2) is 36.7 Å². The molecule has 3 nitrogen and oxygen atoms in total. The van der Waals surface area contributed by atoms with E-state index in [0.717, 1.165) is 11.4 Å². The van der Waals surface area contributed by atoms with Crippen LogP contribution in [-0.2, 0) is 0 Å². The number of hydrogen-bond donors (Lipinski definition) is 1. The molecule has 0 saturated heterocycles. The molecule has 17 heavy (non-hydrogen) atoms. The summed E-state index contributed by atoms with van der Waals surface area (Å²) in [5.74, 6) is 1.08. The Morgan fingerprint density at radius 3 is 2.47 bits per heavy atom. The zero-order valence-electron chi connectivity index (χ0n) is 9.81. The Hall–Kier alpha value is -1.61. The standard InChI is InChI=1S/C13H14ClN3/c1-9(2)12-7-16-13(8-15-12)17-11-6-4-3-5-10(11)14/h3-9H,1-2H3,(H,16,17). The smallest absolute Gasteiger partial charge is 0.148 e. The highest BCUT2D eigenvalue weighted by atomic mass is 35.5. The van der Waals surface area contributed by atoms with Crippen LogP contribution in [0.4, 0.5) is 11.5 Å². The first-order valence-electron chi connectivity index (χ1n) is 5.50. The summed E-state index contributed by atoms with van der Waals surface area (Å²) in [6.07, 6.45) is 3.50. The van der Waals surface area contributed by atoms with Crippen molar-refractivity contribution in [3.8, 4) is 0 Å². The molecule has 2 aromatic rings. The van der Waals surface area contributed by atoms with Crippen molar-refractivity contribution in [1.29, 1.82) is 0 Å². The normalized spacial score (nSPS) is 10.6. The fraction of sp³-hybridized carbons (Fsp3) is 0.231. The summed E-state index contributed by atoms with van der Waals surface area (Å²) in [7, 11) is 0. The van der Waals surface area contributed by atoms with Crippen molar-refractivity contribution in [1.82, 2.24) is 9.97 Å². The van der Waals surface area contributed by atoms with Gasteiger partial charge in [0.2, 0.25) is 0 Å². The maximum atomic E-state index is 6.05. The summed E-state index contributed by atoms with van der Waals surface area (Å²) in [6, 6.07) is 7.55. The van der Waals surface area contributed by atoms with E-state index in [-0.39, 0.29) is 0 Å². The second kappa shape index (κ2) is 5.15. The summed E-state index contributed by atoms with van der Waals surface area (Å²) in [5.41, 5.74) is 1.82. The van der Waals surface area contributed by atoms with Gasteiger partial charge in [-0.1, -0.05) is 37.6 Å². The minimum absolute atomic E-state index is 0.386. The molecule has 0 aliphatic carbocycles. The molecular weight excluding hydrogens is 234 g/mol. The molecule has 0 spiro atoms. The zero-order chi connectivity index (χ0) is 12.3. The number of rotatable bonds is 3. The van der Waals surface area contributed by atoms with Crippen LogP contribution in [0.3, 0.4) is 0 Å². The van der Waals surface area contributed by atoms with Crippen molar-refractivity contribution in [3.63, 3.8) is 0 Å². The number of nitrogens with zero attached hydrogens (tertiary/aromatic N) is 2. The topological polar surface area (TPSA) is 37.8 Å². The lowest BCUT2D eigenvalue weighted by Crippen LogP contribution is -1.98. The highest BCUT2D eigenvalue weighted by molar-refractivity contribution is 6.33. The number of benzene rings is 1. The summed E-state index contributed by atoms with van der Waals surface area (Å²) >= 11 is 6.05. The van der Waals surface area contributed by atoms with E-state index >= 15 is 0 Å². The zero-order valence-corrected chi connectivity index (χ0v) is 10.6. The van der Waals surface area contributed by atoms with Crippen molar-refractivity contribution in [2.75, 3.05) is 5.32 Å². The van der Waals surface area contributed by atoms with Gasteiger partial charge in [-0.2, -0.15) is 0 Å². The van der Waals surface area contributed by atoms with Crippen LogP contribution in [0.25, 0.3) is 0 Å². The van der Waals surface area contributed by atoms with Gasteiger partial charge in [-0.3, -0.25) is 4.98 Å². The number of para-hydroxylation sites is 1. The molecule has 0 unspecified atom stereocenters. The number of anilines is 2. The van der Waals surface area contributed by atoms with Crippen molar-refractivity contribution in [3.05, 3.63) is 47.4 Å². The van der Waals surface area contributed by atoms with Gasteiger partial charge in [-0.15, -0.1) is 0 Å². The van der Waals surface area contributed by atoms with Crippen LogP contribution >= 0.6 is 11.6 Å². The molecule has 0 fully saturated rings. The number of nitrogens with one attached hydrogen (secondary N) is 1. The van der Waals surface area contributed by atoms with Gasteiger partial charge in [0.15, 0.2) is 0 Å². The Morgan fingerprint density at radius 1 is 1.12 bits per heavy atom. The van der Waals surface area contributed by atoms with E-state index in [0.29, 0.717) is 16.8 Å². The lowest BCUT2D eigenvalue weighted by Gasteiger charge is -2.08. The molecule has 0 aliphatic rings. The number of aromatic nitrogens is 2. The maximum absolute atomic E-state index is 6.05. The van der Waals surface area contributed by atoms with Gasteiger partial charge < -0.3 is 5.32 Å². The second-order valence-corrected chi connectivity index (χ2v) is 4.49. The Bertz CT molecular complexity index is 494. The summed E-state index contributed by atoms with van der Waals surface area (Å²) < 4.78 is 0. The van der Waals surface area contributed by atoms with E-state index < -0.39 is 0 Å². The lowest BCUT2D eigenvalue weighted by atomic mass is 10.1. The summed E-state index contributed by atoms with van der Waals surface area (Å²) in [4.78, 5) is 8.64. The van der Waals surface area contributed by atoms with Gasteiger partial charge in [0.25, 0.3) is 0 Å². The fourth-order valence-corrected chi connectivity index (χ4v) is 1.58. The van der Waals surface area contributed by atoms with Gasteiger partial charge in [0, 0.05) is 0 Å². The first kappa shape index (κ1) is 11.9. The van der Waals surface area contributed by atoms with E-state index in [2.05, 4.69) is 29.1 Å². The van der Waals surface area contributed by atoms with Gasteiger partial charge in [0.1, 0.15) is 5.82 Å². The molecule has 0 bridgehead atoms. The monoisotopic (exact) mass is 247 g/mol. The molecule has 1 heterocycles. The average Bonchev–Trinajstić information content (AvgIpc) is 2.33. The molecule has 0 atom stereocenters. The molecular formula is C13H14ClN3. The Labute approximate surface area is 106 Å². The summed E-state index contributed by atoms with van der Waals surface area (Å²) in [5, 5.41) is 3.80. The largest absolute Gasteiger partial charge is 0.338 e. The van der Waals surface area contributed by atoms with E-state index in [1.54, 1.807) is 12.4 Å². The SMILES string of the molecule is CC(C)c1cnc(Nc2ccccc2Cl)cn1. The molecule has 0 radical (unpaired) electrons. The molecule has 0 aliphatic heterocycles. The van der Waals surface area contributed by atoms with Crippen molar-refractivity contribution >= 4 is 23.1 Å². The number of halogens is 1. The molecule has 1 N–H and O–H groups in total. The first-order valence-corrected chi connectivity index (χ1v) is 5.88. The average molecular weight is 248 g/mol. The highest BCUT2D eigenvalue weighted by Crippen LogP contribution is 2.23. The predicted octanol–water partition coefficient (Wildman–Crippen LogP) is 4.00. The van der Waals surface area contributed by atoms with Crippen LogP contribution in [0, 0.1) is 0 Å². The van der Waals surface area contributed by atoms with Gasteiger partial charge in [-0.05, 0) is 18.1 Å². The number of hydrogen-bond acceptors (Lipinski definition) is 3. The minimum Gasteiger partial charge on any atom is -0.338 e. The van der Waals surface area contributed by atoms with Crippen molar-refractivity contribution in [2.45, 2.75) is 19.8 Å². The molecule has 1 aromatic carbocycles. The van der Waals surface area contributed by atoms with Crippen molar-refractivity contribution in [2.24, 2.45) is 0 Å². The van der Waals surface area contributed by atoms with Gasteiger partial charge in [0.05, 0.1) is 28.8 Å². The second-order valence-electron chi connectivity index (χ2n) is 4.09. The quantitative estimate of drug-likeness (QED) is 0.891. The van der Waals surface area contributed by atoms with E-state index in [1.807, 2.05) is 24.3 Å². The van der Waals surface area contributed by atoms with Crippen LogP contribution in [-0.4, -0.2) is 9.97 Å². The van der Waals surface area contributed by atoms with Crippen LogP contribution in [0.5, 0.6) is 0 Å². The third-order valence-corrected chi connectivity index (χ3v) is 2.73. The Balaban J connectivity index is 2.17. The van der Waals surface area contributed by atoms with Crippen LogP contribution in [0.1, 0.15) is 25.5 Å². The highest BCUT2D eigenvalue weighted by Gasteiger charge is 2.03. The van der Waals surface area contributed by atoms with E-state index in [4.69, 9.17) is 11.6 Å². The predicted molar refractivity (Wildman–Crippen MR) is 70.9 cm³/mol. The molecule has 0 amide bonds. The van der Waals surface area contributed by atoms with Gasteiger partial charge in [-0.25, -0.2) is 4.98 Å². The molecule has 2 rings (SSSR count). The molecule has 0 saturated carbocycles. The lowest BCUT2D eigenvalue weighted by molar-refractivity contribution is 0.813. The third-order valence-electron chi connectivity index (χ3n) is 2.40. The van der Waals surface area contributed by atoms with Crippen LogP contribution < -0.4 is 5.32 Å². The Kier molecular flexibility index (Phi) is 3.59.